The normalized spacial score (nSPS) is 18.2. The SMILES string of the molecule is C[C@H](C(=O)NC1CCCC1)N(C)Cc1ccco1. The van der Waals surface area contributed by atoms with Crippen molar-refractivity contribution < 1.29 is 9.21 Å². The van der Waals surface area contributed by atoms with E-state index in [1.165, 1.54) is 12.8 Å². The molecule has 100 valence electrons. The summed E-state index contributed by atoms with van der Waals surface area (Å²) in [6.07, 6.45) is 6.39. The monoisotopic (exact) mass is 250 g/mol. The van der Waals surface area contributed by atoms with Gasteiger partial charge in [-0.3, -0.25) is 9.69 Å². The Hall–Kier alpha value is -1.29. The maximum atomic E-state index is 12.1. The lowest BCUT2D eigenvalue weighted by Crippen LogP contribution is -2.45. The number of amides is 1. The van der Waals surface area contributed by atoms with E-state index < -0.39 is 0 Å². The molecular formula is C14H22N2O2. The molecule has 0 spiro atoms. The van der Waals surface area contributed by atoms with Gasteiger partial charge in [0.25, 0.3) is 0 Å². The molecule has 1 atom stereocenters. The number of furan rings is 1. The molecule has 0 bridgehead atoms. The summed E-state index contributed by atoms with van der Waals surface area (Å²) in [6.45, 7) is 2.60. The van der Waals surface area contributed by atoms with E-state index in [1.54, 1.807) is 6.26 Å². The second-order valence-electron chi connectivity index (χ2n) is 5.16. The third kappa shape index (κ3) is 3.35. The number of hydrogen-bond donors (Lipinski definition) is 1. The van der Waals surface area contributed by atoms with E-state index in [0.29, 0.717) is 12.6 Å². The van der Waals surface area contributed by atoms with Crippen LogP contribution in [0, 0.1) is 0 Å². The molecule has 1 aromatic rings. The van der Waals surface area contributed by atoms with Gasteiger partial charge in [0, 0.05) is 6.04 Å². The van der Waals surface area contributed by atoms with Crippen molar-refractivity contribution in [3.8, 4) is 0 Å². The van der Waals surface area contributed by atoms with Crippen LogP contribution in [0.5, 0.6) is 0 Å². The summed E-state index contributed by atoms with van der Waals surface area (Å²) in [5.74, 6) is 1.01. The topological polar surface area (TPSA) is 45.5 Å². The van der Waals surface area contributed by atoms with Crippen LogP contribution in [0.3, 0.4) is 0 Å². The number of nitrogens with one attached hydrogen (secondary N) is 1. The Labute approximate surface area is 108 Å². The minimum atomic E-state index is -0.129. The molecule has 0 unspecified atom stereocenters. The fourth-order valence-electron chi connectivity index (χ4n) is 2.38. The lowest BCUT2D eigenvalue weighted by Gasteiger charge is -2.24. The molecule has 18 heavy (non-hydrogen) atoms. The molecule has 0 radical (unpaired) electrons. The number of rotatable bonds is 5. The van der Waals surface area contributed by atoms with E-state index in [4.69, 9.17) is 4.42 Å². The van der Waals surface area contributed by atoms with Crippen molar-refractivity contribution >= 4 is 5.91 Å². The Morgan fingerprint density at radius 3 is 2.89 bits per heavy atom. The van der Waals surface area contributed by atoms with Crippen molar-refractivity contribution in [2.24, 2.45) is 0 Å². The van der Waals surface area contributed by atoms with Crippen molar-refractivity contribution in [1.29, 1.82) is 0 Å². The van der Waals surface area contributed by atoms with Crippen LogP contribution in [0.1, 0.15) is 38.4 Å². The van der Waals surface area contributed by atoms with Crippen molar-refractivity contribution in [2.75, 3.05) is 7.05 Å². The van der Waals surface area contributed by atoms with Crippen LogP contribution in [-0.2, 0) is 11.3 Å². The summed E-state index contributed by atoms with van der Waals surface area (Å²) < 4.78 is 5.29. The summed E-state index contributed by atoms with van der Waals surface area (Å²) in [5, 5.41) is 3.13. The van der Waals surface area contributed by atoms with Gasteiger partial charge in [0.05, 0.1) is 18.8 Å². The third-order valence-electron chi connectivity index (χ3n) is 3.73. The lowest BCUT2D eigenvalue weighted by atomic mass is 10.2. The quantitative estimate of drug-likeness (QED) is 0.871. The third-order valence-corrected chi connectivity index (χ3v) is 3.73. The predicted octanol–water partition coefficient (Wildman–Crippen LogP) is 2.16. The van der Waals surface area contributed by atoms with E-state index in [9.17, 15) is 4.79 Å². The highest BCUT2D eigenvalue weighted by Gasteiger charge is 2.23. The highest BCUT2D eigenvalue weighted by atomic mass is 16.3. The van der Waals surface area contributed by atoms with Crippen molar-refractivity contribution in [1.82, 2.24) is 10.2 Å². The molecule has 1 heterocycles. The maximum Gasteiger partial charge on any atom is 0.237 e. The second kappa shape index (κ2) is 6.05. The smallest absolute Gasteiger partial charge is 0.237 e. The highest BCUT2D eigenvalue weighted by molar-refractivity contribution is 5.81. The highest BCUT2D eigenvalue weighted by Crippen LogP contribution is 2.18. The number of carbonyl (C=O) groups is 1. The zero-order valence-corrected chi connectivity index (χ0v) is 11.2. The van der Waals surface area contributed by atoms with Crippen molar-refractivity contribution in [2.45, 2.75) is 51.2 Å². The molecule has 1 fully saturated rings. The summed E-state index contributed by atoms with van der Waals surface area (Å²) in [7, 11) is 1.95. The molecule has 1 N–H and O–H groups in total. The average Bonchev–Trinajstić information content (AvgIpc) is 3.01. The van der Waals surface area contributed by atoms with Gasteiger partial charge >= 0.3 is 0 Å². The van der Waals surface area contributed by atoms with Gasteiger partial charge in [-0.1, -0.05) is 12.8 Å². The van der Waals surface area contributed by atoms with E-state index in [0.717, 1.165) is 18.6 Å². The summed E-state index contributed by atoms with van der Waals surface area (Å²) in [6, 6.07) is 4.05. The standard InChI is InChI=1S/C14H22N2O2/c1-11(14(17)15-12-6-3-4-7-12)16(2)10-13-8-5-9-18-13/h5,8-9,11-12H,3-4,6-7,10H2,1-2H3,(H,15,17)/t11-/m1/s1. The lowest BCUT2D eigenvalue weighted by molar-refractivity contribution is -0.126. The largest absolute Gasteiger partial charge is 0.468 e. The molecule has 0 aliphatic heterocycles. The maximum absolute atomic E-state index is 12.1. The van der Waals surface area contributed by atoms with Crippen LogP contribution in [-0.4, -0.2) is 29.9 Å². The van der Waals surface area contributed by atoms with E-state index in [-0.39, 0.29) is 11.9 Å². The summed E-state index contributed by atoms with van der Waals surface area (Å²) in [4.78, 5) is 14.1. The first-order chi connectivity index (χ1) is 8.66. The van der Waals surface area contributed by atoms with Gasteiger partial charge in [-0.2, -0.15) is 0 Å². The van der Waals surface area contributed by atoms with Gasteiger partial charge in [0.2, 0.25) is 5.91 Å². The van der Waals surface area contributed by atoms with Crippen LogP contribution < -0.4 is 5.32 Å². The number of likely N-dealkylation sites (N-methyl/N-ethyl adjacent to an activating group) is 1. The molecular weight excluding hydrogens is 228 g/mol. The van der Waals surface area contributed by atoms with Crippen molar-refractivity contribution in [3.05, 3.63) is 24.2 Å². The van der Waals surface area contributed by atoms with Crippen LogP contribution >= 0.6 is 0 Å². The number of carbonyl (C=O) groups excluding carboxylic acids is 1. The summed E-state index contributed by atoms with van der Waals surface area (Å²) in [5.41, 5.74) is 0. The zero-order valence-electron chi connectivity index (χ0n) is 11.2. The molecule has 1 aliphatic rings. The second-order valence-corrected chi connectivity index (χ2v) is 5.16. The Kier molecular flexibility index (Phi) is 4.42. The molecule has 0 aromatic carbocycles. The van der Waals surface area contributed by atoms with Crippen LogP contribution in [0.15, 0.2) is 22.8 Å². The Morgan fingerprint density at radius 1 is 1.56 bits per heavy atom. The first-order valence-corrected chi connectivity index (χ1v) is 6.70. The van der Waals surface area contributed by atoms with Gasteiger partial charge in [-0.15, -0.1) is 0 Å². The van der Waals surface area contributed by atoms with E-state index in [1.807, 2.05) is 31.0 Å². The van der Waals surface area contributed by atoms with Gasteiger partial charge in [0.1, 0.15) is 5.76 Å². The van der Waals surface area contributed by atoms with E-state index >= 15 is 0 Å². The van der Waals surface area contributed by atoms with E-state index in [2.05, 4.69) is 5.32 Å². The Bertz CT molecular complexity index is 369. The van der Waals surface area contributed by atoms with Crippen LogP contribution in [0.25, 0.3) is 0 Å². The Morgan fingerprint density at radius 2 is 2.28 bits per heavy atom. The van der Waals surface area contributed by atoms with Crippen LogP contribution in [0.4, 0.5) is 0 Å². The number of hydrogen-bond acceptors (Lipinski definition) is 3. The van der Waals surface area contributed by atoms with Gasteiger partial charge in [-0.25, -0.2) is 0 Å². The fourth-order valence-corrected chi connectivity index (χ4v) is 2.38. The minimum Gasteiger partial charge on any atom is -0.468 e. The molecule has 4 heteroatoms. The predicted molar refractivity (Wildman–Crippen MR) is 70.0 cm³/mol. The number of nitrogens with zero attached hydrogens (tertiary/aromatic N) is 1. The van der Waals surface area contributed by atoms with Gasteiger partial charge in [0.15, 0.2) is 0 Å². The molecule has 0 saturated heterocycles. The molecule has 4 nitrogen and oxygen atoms in total. The van der Waals surface area contributed by atoms with Crippen LogP contribution in [0.2, 0.25) is 0 Å². The molecule has 2 rings (SSSR count). The van der Waals surface area contributed by atoms with Crippen molar-refractivity contribution in [3.63, 3.8) is 0 Å². The van der Waals surface area contributed by atoms with Gasteiger partial charge < -0.3 is 9.73 Å². The fraction of sp³-hybridized carbons (Fsp3) is 0.643. The summed E-state index contributed by atoms with van der Waals surface area (Å²) >= 11 is 0. The minimum absolute atomic E-state index is 0.121. The van der Waals surface area contributed by atoms with Gasteiger partial charge in [-0.05, 0) is 38.9 Å². The Balaban J connectivity index is 1.81. The first-order valence-electron chi connectivity index (χ1n) is 6.70. The molecule has 1 amide bonds. The molecule has 1 aliphatic carbocycles. The molecule has 1 saturated carbocycles. The zero-order chi connectivity index (χ0) is 13.0. The first kappa shape index (κ1) is 13.1. The molecule has 1 aromatic heterocycles. The average molecular weight is 250 g/mol.